The molecule has 4 unspecified atom stereocenters. The van der Waals surface area contributed by atoms with Gasteiger partial charge >= 0.3 is 0 Å². The summed E-state index contributed by atoms with van der Waals surface area (Å²) in [5.41, 5.74) is 0.995. The van der Waals surface area contributed by atoms with Crippen LogP contribution in [0, 0.1) is 11.8 Å². The zero-order chi connectivity index (χ0) is 34.7. The Hall–Kier alpha value is -5.04. The van der Waals surface area contributed by atoms with Crippen LogP contribution < -0.4 is 20.3 Å². The molecule has 0 radical (unpaired) electrons. The Labute approximate surface area is 284 Å². The van der Waals surface area contributed by atoms with Crippen LogP contribution in [0.15, 0.2) is 90.0 Å². The number of nitrogens with zero attached hydrogens (tertiary/aromatic N) is 3. The number of ether oxygens (including phenoxy) is 4. The molecule has 3 aromatic carbocycles. The van der Waals surface area contributed by atoms with Gasteiger partial charge in [0.25, 0.3) is 5.56 Å². The molecule has 3 N–H and O–H groups in total. The van der Waals surface area contributed by atoms with Gasteiger partial charge in [-0.25, -0.2) is 4.98 Å². The highest BCUT2D eigenvalue weighted by Gasteiger charge is 2.51. The molecule has 256 valence electrons. The molecule has 4 atom stereocenters. The van der Waals surface area contributed by atoms with E-state index >= 15 is 0 Å². The predicted octanol–water partition coefficient (Wildman–Crippen LogP) is 5.02. The van der Waals surface area contributed by atoms with E-state index in [1.807, 2.05) is 85.8 Å². The van der Waals surface area contributed by atoms with Gasteiger partial charge in [0.15, 0.2) is 17.4 Å². The molecule has 12 nitrogen and oxygen atoms in total. The Bertz CT molecular complexity index is 1890. The number of amides is 1. The second kappa shape index (κ2) is 14.2. The number of carbonyl (C=O) groups is 1. The van der Waals surface area contributed by atoms with Gasteiger partial charge in [-0.3, -0.25) is 24.5 Å². The monoisotopic (exact) mass is 667 g/mol. The molecule has 1 aliphatic rings. The SMILES string of the molecule is CCC1OC(n2cnc3c(=O)[nH]c(NC(=O)C(C)C)nc32)C(OC(c2ccccc2)(c2ccc(OC)cc2)c2ccc(OC)cc2)C1CO. The number of anilines is 1. The molecule has 49 heavy (non-hydrogen) atoms. The van der Waals surface area contributed by atoms with E-state index in [1.54, 1.807) is 32.6 Å². The van der Waals surface area contributed by atoms with Gasteiger partial charge in [0, 0.05) is 11.8 Å². The van der Waals surface area contributed by atoms with Crippen LogP contribution in [0.1, 0.15) is 50.1 Å². The highest BCUT2D eigenvalue weighted by molar-refractivity contribution is 5.91. The summed E-state index contributed by atoms with van der Waals surface area (Å²) in [5, 5.41) is 13.6. The Morgan fingerprint density at radius 3 is 2.10 bits per heavy atom. The van der Waals surface area contributed by atoms with Crippen LogP contribution in [-0.2, 0) is 19.9 Å². The quantitative estimate of drug-likeness (QED) is 0.156. The number of imidazole rings is 1. The fraction of sp³-hybridized carbons (Fsp3) is 0.351. The molecule has 2 aromatic heterocycles. The predicted molar refractivity (Wildman–Crippen MR) is 184 cm³/mol. The molecule has 1 saturated heterocycles. The average Bonchev–Trinajstić information content (AvgIpc) is 3.71. The highest BCUT2D eigenvalue weighted by atomic mass is 16.6. The van der Waals surface area contributed by atoms with Crippen molar-refractivity contribution in [2.24, 2.45) is 11.8 Å². The normalized spacial score (nSPS) is 19.3. The topological polar surface area (TPSA) is 150 Å². The zero-order valence-electron chi connectivity index (χ0n) is 28.1. The van der Waals surface area contributed by atoms with Gasteiger partial charge in [0.2, 0.25) is 11.9 Å². The third-order valence-corrected chi connectivity index (χ3v) is 9.07. The lowest BCUT2D eigenvalue weighted by molar-refractivity contribution is -0.119. The molecule has 0 aliphatic carbocycles. The van der Waals surface area contributed by atoms with Crippen molar-refractivity contribution in [2.45, 2.75) is 51.2 Å². The van der Waals surface area contributed by atoms with Crippen LogP contribution >= 0.6 is 0 Å². The summed E-state index contributed by atoms with van der Waals surface area (Å²) < 4.78 is 26.8. The largest absolute Gasteiger partial charge is 0.497 e. The van der Waals surface area contributed by atoms with Crippen LogP contribution in [-0.4, -0.2) is 63.6 Å². The van der Waals surface area contributed by atoms with Crippen LogP contribution in [0.4, 0.5) is 5.95 Å². The number of hydrogen-bond acceptors (Lipinski definition) is 9. The number of nitrogens with one attached hydrogen (secondary N) is 2. The smallest absolute Gasteiger partial charge is 0.280 e. The van der Waals surface area contributed by atoms with E-state index in [0.29, 0.717) is 17.9 Å². The van der Waals surface area contributed by atoms with E-state index < -0.39 is 35.5 Å². The minimum Gasteiger partial charge on any atom is -0.497 e. The Morgan fingerprint density at radius 1 is 0.980 bits per heavy atom. The number of fused-ring (bicyclic) bond motifs is 1. The van der Waals surface area contributed by atoms with Crippen LogP contribution in [0.3, 0.4) is 0 Å². The third-order valence-electron chi connectivity index (χ3n) is 9.07. The van der Waals surface area contributed by atoms with E-state index in [-0.39, 0.29) is 35.5 Å². The summed E-state index contributed by atoms with van der Waals surface area (Å²) in [5.74, 6) is 0.250. The first-order chi connectivity index (χ1) is 23.7. The summed E-state index contributed by atoms with van der Waals surface area (Å²) in [6, 6.07) is 25.2. The van der Waals surface area contributed by atoms with Crippen LogP contribution in [0.5, 0.6) is 11.5 Å². The first-order valence-corrected chi connectivity index (χ1v) is 16.3. The van der Waals surface area contributed by atoms with E-state index in [0.717, 1.165) is 16.7 Å². The number of aliphatic hydroxyl groups is 1. The molecule has 6 rings (SSSR count). The molecule has 0 saturated carbocycles. The molecule has 1 fully saturated rings. The number of aliphatic hydroxyl groups excluding tert-OH is 1. The fourth-order valence-electron chi connectivity index (χ4n) is 6.44. The van der Waals surface area contributed by atoms with Crippen molar-refractivity contribution in [3.63, 3.8) is 0 Å². The lowest BCUT2D eigenvalue weighted by atomic mass is 9.79. The Morgan fingerprint density at radius 2 is 1.57 bits per heavy atom. The van der Waals surface area contributed by atoms with Crippen molar-refractivity contribution in [2.75, 3.05) is 26.1 Å². The summed E-state index contributed by atoms with van der Waals surface area (Å²) >= 11 is 0. The molecule has 0 spiro atoms. The van der Waals surface area contributed by atoms with E-state index in [2.05, 4.69) is 20.3 Å². The fourth-order valence-corrected chi connectivity index (χ4v) is 6.44. The summed E-state index contributed by atoms with van der Waals surface area (Å²) in [6.07, 6.45) is 0.0155. The van der Waals surface area contributed by atoms with E-state index in [9.17, 15) is 14.7 Å². The maximum Gasteiger partial charge on any atom is 0.280 e. The van der Waals surface area contributed by atoms with Gasteiger partial charge in [-0.05, 0) is 47.4 Å². The Kier molecular flexibility index (Phi) is 9.81. The lowest BCUT2D eigenvalue weighted by Gasteiger charge is -2.40. The molecule has 3 heterocycles. The van der Waals surface area contributed by atoms with Gasteiger partial charge in [-0.1, -0.05) is 75.4 Å². The van der Waals surface area contributed by atoms with E-state index in [1.165, 1.54) is 6.33 Å². The summed E-state index contributed by atoms with van der Waals surface area (Å²) in [6.45, 7) is 5.24. The average molecular weight is 668 g/mol. The van der Waals surface area contributed by atoms with Gasteiger partial charge in [-0.2, -0.15) is 4.98 Å². The van der Waals surface area contributed by atoms with Crippen molar-refractivity contribution in [3.8, 4) is 11.5 Å². The molecular weight excluding hydrogens is 626 g/mol. The first-order valence-electron chi connectivity index (χ1n) is 16.3. The molecule has 0 bridgehead atoms. The van der Waals surface area contributed by atoms with Crippen molar-refractivity contribution in [1.82, 2.24) is 19.5 Å². The summed E-state index contributed by atoms with van der Waals surface area (Å²) in [7, 11) is 3.23. The van der Waals surface area contributed by atoms with Gasteiger partial charge < -0.3 is 24.1 Å². The number of hydrogen-bond donors (Lipinski definition) is 3. The first kappa shape index (κ1) is 33.8. The number of methoxy groups -OCH3 is 2. The minimum absolute atomic E-state index is 0.00531. The maximum atomic E-state index is 13.1. The van der Waals surface area contributed by atoms with Crippen molar-refractivity contribution in [3.05, 3.63) is 112 Å². The number of H-pyrrole nitrogens is 1. The standard InChI is InChI=1S/C37H41N5O7/c1-6-29-28(20-43)31(35(48-29)42-21-38-30-32(42)39-36(41-34(30)45)40-33(44)22(2)3)49-37(23-10-8-7-9-11-23,24-12-16-26(46-4)17-13-24)25-14-18-27(47-5)19-15-25/h7-19,21-22,28-29,31,35,43H,6,20H2,1-5H3,(H2,39,40,41,44,45). The number of rotatable bonds is 12. The molecule has 12 heteroatoms. The maximum absolute atomic E-state index is 13.1. The molecule has 5 aromatic rings. The molecular formula is C37H41N5O7. The third kappa shape index (κ3) is 6.30. The lowest BCUT2D eigenvalue weighted by Crippen LogP contribution is -2.42. The zero-order valence-corrected chi connectivity index (χ0v) is 28.1. The van der Waals surface area contributed by atoms with Crippen molar-refractivity contribution < 1.29 is 28.8 Å². The number of carbonyl (C=O) groups excluding carboxylic acids is 1. The van der Waals surface area contributed by atoms with Crippen LogP contribution in [0.2, 0.25) is 0 Å². The number of aromatic nitrogens is 4. The highest BCUT2D eigenvalue weighted by Crippen LogP contribution is 2.48. The minimum atomic E-state index is -1.22. The van der Waals surface area contributed by atoms with Gasteiger partial charge in [0.05, 0.1) is 33.3 Å². The van der Waals surface area contributed by atoms with Crippen molar-refractivity contribution >= 4 is 23.0 Å². The van der Waals surface area contributed by atoms with Gasteiger partial charge in [-0.15, -0.1) is 0 Å². The molecule has 1 amide bonds. The van der Waals surface area contributed by atoms with Crippen LogP contribution in [0.25, 0.3) is 11.2 Å². The number of aromatic amines is 1. The van der Waals surface area contributed by atoms with Crippen molar-refractivity contribution in [1.29, 1.82) is 0 Å². The second-order valence-corrected chi connectivity index (χ2v) is 12.3. The summed E-state index contributed by atoms with van der Waals surface area (Å²) in [4.78, 5) is 37.2. The van der Waals surface area contributed by atoms with Gasteiger partial charge in [0.1, 0.15) is 23.2 Å². The Balaban J connectivity index is 1.56. The van der Waals surface area contributed by atoms with E-state index in [4.69, 9.17) is 18.9 Å². The molecule has 1 aliphatic heterocycles. The second-order valence-electron chi connectivity index (χ2n) is 12.3. The number of benzene rings is 3.